The van der Waals surface area contributed by atoms with Crippen LogP contribution in [-0.2, 0) is 10.8 Å². The molecule has 2 aromatic rings. The number of hydrogen-bond donors (Lipinski definition) is 1. The molecule has 24 heavy (non-hydrogen) atoms. The van der Waals surface area contributed by atoms with E-state index in [1.54, 1.807) is 11.0 Å². The fourth-order valence-electron chi connectivity index (χ4n) is 3.43. The Hall–Kier alpha value is -1.60. The number of tetrazole rings is 1. The zero-order chi connectivity index (χ0) is 16.9. The quantitative estimate of drug-likeness (QED) is 0.869. The predicted molar refractivity (Wildman–Crippen MR) is 95.4 cm³/mol. The van der Waals surface area contributed by atoms with Gasteiger partial charge in [-0.2, -0.15) is 0 Å². The van der Waals surface area contributed by atoms with Gasteiger partial charge in [-0.15, -0.1) is 5.10 Å². The summed E-state index contributed by atoms with van der Waals surface area (Å²) in [5.74, 6) is 0.748. The zero-order valence-corrected chi connectivity index (χ0v) is 15.1. The van der Waals surface area contributed by atoms with Crippen molar-refractivity contribution in [1.82, 2.24) is 25.5 Å². The molecule has 1 aromatic heterocycles. The maximum absolute atomic E-state index is 12.3. The monoisotopic (exact) mass is 347 g/mol. The Kier molecular flexibility index (Phi) is 5.73. The minimum absolute atomic E-state index is 0.229. The van der Waals surface area contributed by atoms with Gasteiger partial charge in [0.15, 0.2) is 0 Å². The summed E-state index contributed by atoms with van der Waals surface area (Å²) in [4.78, 5) is 0. The Balaban J connectivity index is 1.67. The summed E-state index contributed by atoms with van der Waals surface area (Å²) in [6.07, 6.45) is 6.19. The van der Waals surface area contributed by atoms with Crippen molar-refractivity contribution in [3.05, 3.63) is 36.2 Å². The number of hydrogen-bond acceptors (Lipinski definition) is 5. The van der Waals surface area contributed by atoms with E-state index < -0.39 is 10.8 Å². The summed E-state index contributed by atoms with van der Waals surface area (Å²) in [6.45, 7) is 4.19. The normalized spacial score (nSPS) is 23.8. The standard InChI is InChI=1S/C17H25N5OS/c1-3-24(23)17-7-5-4-6-16(17)19-13(2)14-8-10-15(11-9-14)22-12-18-20-21-22/h8-13,16-17,19H,3-7H2,1-2H3/t13-,16-,17-,24+/m1/s1. The van der Waals surface area contributed by atoms with E-state index in [9.17, 15) is 4.21 Å². The molecule has 7 heteroatoms. The highest BCUT2D eigenvalue weighted by molar-refractivity contribution is 7.85. The lowest BCUT2D eigenvalue weighted by Gasteiger charge is -2.33. The lowest BCUT2D eigenvalue weighted by atomic mass is 9.93. The van der Waals surface area contributed by atoms with Crippen LogP contribution in [0.1, 0.15) is 51.1 Å². The van der Waals surface area contributed by atoms with Crippen molar-refractivity contribution in [2.75, 3.05) is 5.75 Å². The molecule has 4 atom stereocenters. The van der Waals surface area contributed by atoms with E-state index in [1.165, 1.54) is 18.4 Å². The van der Waals surface area contributed by atoms with Gasteiger partial charge in [0.2, 0.25) is 0 Å². The molecule has 0 aliphatic heterocycles. The summed E-state index contributed by atoms with van der Waals surface area (Å²) in [5, 5.41) is 15.2. The first kappa shape index (κ1) is 17.2. The fourth-order valence-corrected chi connectivity index (χ4v) is 4.87. The maximum Gasteiger partial charge on any atom is 0.143 e. The van der Waals surface area contributed by atoms with Crippen molar-refractivity contribution in [2.45, 2.75) is 56.9 Å². The first-order valence-electron chi connectivity index (χ1n) is 8.65. The molecule has 0 radical (unpaired) electrons. The third-order valence-electron chi connectivity index (χ3n) is 4.80. The number of aromatic nitrogens is 4. The molecule has 1 aliphatic carbocycles. The van der Waals surface area contributed by atoms with E-state index in [0.717, 1.165) is 24.3 Å². The molecule has 1 aliphatic rings. The van der Waals surface area contributed by atoms with E-state index in [4.69, 9.17) is 0 Å². The van der Waals surface area contributed by atoms with E-state index in [-0.39, 0.29) is 11.3 Å². The number of benzene rings is 1. The van der Waals surface area contributed by atoms with Crippen molar-refractivity contribution >= 4 is 10.8 Å². The number of nitrogens with one attached hydrogen (secondary N) is 1. The minimum atomic E-state index is -0.728. The zero-order valence-electron chi connectivity index (χ0n) is 14.3. The predicted octanol–water partition coefficient (Wildman–Crippen LogP) is 2.39. The SMILES string of the molecule is CC[S@](=O)[C@@H]1CCCC[C@H]1N[C@H](C)c1ccc(-n2cnnn2)cc1. The van der Waals surface area contributed by atoms with Gasteiger partial charge in [-0.1, -0.05) is 31.9 Å². The summed E-state index contributed by atoms with van der Waals surface area (Å²) in [5.41, 5.74) is 2.16. The Labute approximate surface area is 145 Å². The molecule has 0 amide bonds. The highest BCUT2D eigenvalue weighted by atomic mass is 32.2. The molecule has 1 heterocycles. The van der Waals surface area contributed by atoms with Crippen LogP contribution < -0.4 is 5.32 Å². The van der Waals surface area contributed by atoms with E-state index in [1.807, 2.05) is 19.1 Å². The van der Waals surface area contributed by atoms with Crippen LogP contribution in [0.5, 0.6) is 0 Å². The minimum Gasteiger partial charge on any atom is -0.306 e. The van der Waals surface area contributed by atoms with Crippen molar-refractivity contribution in [3.63, 3.8) is 0 Å². The van der Waals surface area contributed by atoms with Gasteiger partial charge in [0.1, 0.15) is 6.33 Å². The average molecular weight is 347 g/mol. The Morgan fingerprint density at radius 1 is 1.29 bits per heavy atom. The van der Waals surface area contributed by atoms with Gasteiger partial charge in [0, 0.05) is 28.6 Å². The van der Waals surface area contributed by atoms with Crippen molar-refractivity contribution < 1.29 is 4.21 Å². The Bertz CT molecular complexity index is 658. The largest absolute Gasteiger partial charge is 0.306 e. The molecular formula is C17H25N5OS. The van der Waals surface area contributed by atoms with Gasteiger partial charge >= 0.3 is 0 Å². The van der Waals surface area contributed by atoms with Gasteiger partial charge < -0.3 is 5.32 Å². The third kappa shape index (κ3) is 3.89. The molecule has 0 spiro atoms. The lowest BCUT2D eigenvalue weighted by Crippen LogP contribution is -2.45. The molecule has 3 rings (SSSR count). The Morgan fingerprint density at radius 2 is 2.04 bits per heavy atom. The molecule has 1 N–H and O–H groups in total. The van der Waals surface area contributed by atoms with Crippen LogP contribution in [0.4, 0.5) is 0 Å². The topological polar surface area (TPSA) is 72.7 Å². The van der Waals surface area contributed by atoms with Crippen LogP contribution in [-0.4, -0.2) is 41.5 Å². The van der Waals surface area contributed by atoms with Crippen LogP contribution in [0, 0.1) is 0 Å². The maximum atomic E-state index is 12.3. The molecule has 0 unspecified atom stereocenters. The van der Waals surface area contributed by atoms with Crippen LogP contribution in [0.3, 0.4) is 0 Å². The van der Waals surface area contributed by atoms with Gasteiger partial charge in [-0.25, -0.2) is 4.68 Å². The molecule has 1 saturated carbocycles. The van der Waals surface area contributed by atoms with Gasteiger partial charge in [0.25, 0.3) is 0 Å². The molecule has 130 valence electrons. The summed E-state index contributed by atoms with van der Waals surface area (Å²) in [6, 6.07) is 8.81. The first-order valence-corrected chi connectivity index (χ1v) is 10.0. The van der Waals surface area contributed by atoms with Gasteiger partial charge in [-0.3, -0.25) is 4.21 Å². The molecular weight excluding hydrogens is 322 g/mol. The second-order valence-corrected chi connectivity index (χ2v) is 8.28. The first-order chi connectivity index (χ1) is 11.7. The van der Waals surface area contributed by atoms with Crippen LogP contribution in [0.15, 0.2) is 30.6 Å². The summed E-state index contributed by atoms with van der Waals surface area (Å²) in [7, 11) is -0.728. The molecule has 0 saturated heterocycles. The van der Waals surface area contributed by atoms with Gasteiger partial charge in [-0.05, 0) is 47.9 Å². The smallest absolute Gasteiger partial charge is 0.143 e. The summed E-state index contributed by atoms with van der Waals surface area (Å²) >= 11 is 0. The second kappa shape index (κ2) is 7.98. The molecule has 0 bridgehead atoms. The molecule has 6 nitrogen and oxygen atoms in total. The molecule has 1 aromatic carbocycles. The van der Waals surface area contributed by atoms with E-state index in [0.29, 0.717) is 6.04 Å². The van der Waals surface area contributed by atoms with Crippen LogP contribution in [0.2, 0.25) is 0 Å². The average Bonchev–Trinajstić information content (AvgIpc) is 3.16. The van der Waals surface area contributed by atoms with Crippen molar-refractivity contribution in [3.8, 4) is 5.69 Å². The summed E-state index contributed by atoms with van der Waals surface area (Å²) < 4.78 is 14.0. The second-order valence-electron chi connectivity index (χ2n) is 6.33. The van der Waals surface area contributed by atoms with Gasteiger partial charge in [0.05, 0.1) is 10.9 Å². The number of nitrogens with zero attached hydrogens (tertiary/aromatic N) is 4. The highest BCUT2D eigenvalue weighted by Crippen LogP contribution is 2.26. The van der Waals surface area contributed by atoms with Crippen molar-refractivity contribution in [2.24, 2.45) is 0 Å². The van der Waals surface area contributed by atoms with Crippen LogP contribution >= 0.6 is 0 Å². The number of rotatable bonds is 6. The Morgan fingerprint density at radius 3 is 2.71 bits per heavy atom. The highest BCUT2D eigenvalue weighted by Gasteiger charge is 2.30. The third-order valence-corrected chi connectivity index (χ3v) is 6.60. The van der Waals surface area contributed by atoms with Crippen molar-refractivity contribution in [1.29, 1.82) is 0 Å². The van der Waals surface area contributed by atoms with E-state index in [2.05, 4.69) is 39.9 Å². The lowest BCUT2D eigenvalue weighted by molar-refractivity contribution is 0.352. The fraction of sp³-hybridized carbons (Fsp3) is 0.588. The van der Waals surface area contributed by atoms with E-state index >= 15 is 0 Å². The van der Waals surface area contributed by atoms with Crippen LogP contribution in [0.25, 0.3) is 5.69 Å². The molecule has 1 fully saturated rings.